The summed E-state index contributed by atoms with van der Waals surface area (Å²) >= 11 is 0. The summed E-state index contributed by atoms with van der Waals surface area (Å²) in [7, 11) is 0. The SMILES string of the molecule is CC(C)c1ccc(O)c(-c2cc(C(CC(=O)O)C(=O)O)cc(-c3nc4cc(C(=N)N)ccc4[nH]3)c2O)c1. The largest absolute Gasteiger partial charge is 0.507 e. The lowest BCUT2D eigenvalue weighted by Crippen LogP contribution is -2.16. The van der Waals surface area contributed by atoms with Crippen LogP contribution in [0.4, 0.5) is 0 Å². The molecule has 1 unspecified atom stereocenters. The summed E-state index contributed by atoms with van der Waals surface area (Å²) in [5, 5.41) is 48.8. The number of carbonyl (C=O) groups is 2. The molecule has 10 nitrogen and oxygen atoms in total. The van der Waals surface area contributed by atoms with Crippen molar-refractivity contribution in [1.29, 1.82) is 5.41 Å². The lowest BCUT2D eigenvalue weighted by atomic mass is 9.88. The second kappa shape index (κ2) is 9.65. The van der Waals surface area contributed by atoms with E-state index in [1.165, 1.54) is 18.2 Å². The molecule has 0 spiro atoms. The lowest BCUT2D eigenvalue weighted by molar-refractivity contribution is -0.145. The zero-order valence-corrected chi connectivity index (χ0v) is 20.1. The summed E-state index contributed by atoms with van der Waals surface area (Å²) in [6, 6.07) is 12.6. The van der Waals surface area contributed by atoms with Crippen molar-refractivity contribution in [2.75, 3.05) is 0 Å². The van der Waals surface area contributed by atoms with E-state index in [0.717, 1.165) is 5.56 Å². The maximum Gasteiger partial charge on any atom is 0.311 e. The van der Waals surface area contributed by atoms with Crippen molar-refractivity contribution < 1.29 is 30.0 Å². The first kappa shape index (κ1) is 25.2. The third kappa shape index (κ3) is 4.94. The molecule has 0 radical (unpaired) electrons. The van der Waals surface area contributed by atoms with E-state index in [-0.39, 0.29) is 51.3 Å². The van der Waals surface area contributed by atoms with Crippen LogP contribution in [0.25, 0.3) is 33.5 Å². The first-order valence-electron chi connectivity index (χ1n) is 11.5. The molecule has 1 aromatic heterocycles. The van der Waals surface area contributed by atoms with Gasteiger partial charge in [0.2, 0.25) is 0 Å². The van der Waals surface area contributed by atoms with E-state index in [9.17, 15) is 30.0 Å². The number of hydrogen-bond acceptors (Lipinski definition) is 6. The molecule has 1 atom stereocenters. The monoisotopic (exact) mass is 502 g/mol. The van der Waals surface area contributed by atoms with E-state index in [1.807, 2.05) is 13.8 Å². The van der Waals surface area contributed by atoms with Gasteiger partial charge in [0.1, 0.15) is 23.2 Å². The number of hydrogen-bond donors (Lipinski definition) is 7. The number of nitrogens with two attached hydrogens (primary N) is 1. The van der Waals surface area contributed by atoms with Crippen molar-refractivity contribution in [2.24, 2.45) is 5.73 Å². The summed E-state index contributed by atoms with van der Waals surface area (Å²) in [6.45, 7) is 3.93. The van der Waals surface area contributed by atoms with Crippen molar-refractivity contribution in [2.45, 2.75) is 32.1 Å². The number of nitrogen functional groups attached to an aromatic ring is 1. The highest BCUT2D eigenvalue weighted by molar-refractivity contribution is 5.98. The Morgan fingerprint density at radius 3 is 2.27 bits per heavy atom. The molecular weight excluding hydrogens is 476 g/mol. The molecule has 0 aliphatic carbocycles. The maximum atomic E-state index is 12.0. The molecule has 0 saturated carbocycles. The number of aliphatic carboxylic acids is 2. The number of carboxylic acids is 2. The summed E-state index contributed by atoms with van der Waals surface area (Å²) in [6.07, 6.45) is -0.681. The van der Waals surface area contributed by atoms with Crippen molar-refractivity contribution in [3.63, 3.8) is 0 Å². The number of carboxylic acid groups (broad SMARTS) is 2. The van der Waals surface area contributed by atoms with Gasteiger partial charge in [0.25, 0.3) is 0 Å². The molecule has 0 fully saturated rings. The summed E-state index contributed by atoms with van der Waals surface area (Å²) in [5.74, 6) is -4.32. The second-order valence-electron chi connectivity index (χ2n) is 9.12. The first-order valence-corrected chi connectivity index (χ1v) is 11.5. The van der Waals surface area contributed by atoms with Crippen LogP contribution in [0.2, 0.25) is 0 Å². The Hall–Kier alpha value is -4.86. The van der Waals surface area contributed by atoms with Crippen LogP contribution in [0, 0.1) is 5.41 Å². The number of amidine groups is 1. The fourth-order valence-electron chi connectivity index (χ4n) is 4.20. The number of phenolic OH excluding ortho intramolecular Hbond substituents is 2. The van der Waals surface area contributed by atoms with Gasteiger partial charge in [-0.15, -0.1) is 0 Å². The van der Waals surface area contributed by atoms with Crippen LogP contribution in [0.3, 0.4) is 0 Å². The minimum atomic E-state index is -1.42. The standard InChI is InChI=1S/C27H26N4O6/c1-12(2)13-4-6-22(32)17(7-13)18-8-15(16(27(36)37)11-23(33)34)9-19(24(18)35)26-30-20-5-3-14(25(28)29)10-21(20)31-26/h3-10,12,16,32,35H,11H2,1-2H3,(H3,28,29)(H,30,31)(H,33,34)(H,36,37). The van der Waals surface area contributed by atoms with Gasteiger partial charge < -0.3 is 31.1 Å². The predicted molar refractivity (Wildman–Crippen MR) is 138 cm³/mol. The number of rotatable bonds is 8. The van der Waals surface area contributed by atoms with E-state index < -0.39 is 24.3 Å². The Bertz CT molecular complexity index is 1560. The number of aromatic hydroxyl groups is 2. The molecular formula is C27H26N4O6. The minimum Gasteiger partial charge on any atom is -0.507 e. The average molecular weight is 503 g/mol. The molecule has 0 amide bonds. The van der Waals surface area contributed by atoms with Crippen LogP contribution in [0.1, 0.15) is 48.8 Å². The number of imidazole rings is 1. The Labute approximate surface area is 211 Å². The zero-order chi connectivity index (χ0) is 27.0. The van der Waals surface area contributed by atoms with Crippen molar-refractivity contribution in [1.82, 2.24) is 9.97 Å². The van der Waals surface area contributed by atoms with E-state index in [0.29, 0.717) is 16.6 Å². The zero-order valence-electron chi connectivity index (χ0n) is 20.1. The van der Waals surface area contributed by atoms with Crippen molar-refractivity contribution in [3.05, 3.63) is 65.2 Å². The number of phenols is 2. The number of aromatic nitrogens is 2. The van der Waals surface area contributed by atoms with Gasteiger partial charge in [0, 0.05) is 16.7 Å². The number of nitrogens with one attached hydrogen (secondary N) is 2. The number of aromatic amines is 1. The lowest BCUT2D eigenvalue weighted by Gasteiger charge is -2.18. The van der Waals surface area contributed by atoms with Gasteiger partial charge >= 0.3 is 11.9 Å². The second-order valence-corrected chi connectivity index (χ2v) is 9.12. The smallest absolute Gasteiger partial charge is 0.311 e. The molecule has 37 heavy (non-hydrogen) atoms. The van der Waals surface area contributed by atoms with Gasteiger partial charge in [0.05, 0.1) is 28.9 Å². The molecule has 1 heterocycles. The molecule has 3 aromatic carbocycles. The van der Waals surface area contributed by atoms with Crippen molar-refractivity contribution >= 4 is 28.8 Å². The van der Waals surface area contributed by atoms with Gasteiger partial charge in [-0.2, -0.15) is 0 Å². The molecule has 10 heteroatoms. The van der Waals surface area contributed by atoms with E-state index >= 15 is 0 Å². The Morgan fingerprint density at radius 2 is 1.65 bits per heavy atom. The number of fused-ring (bicyclic) bond motifs is 1. The highest BCUT2D eigenvalue weighted by Gasteiger charge is 2.27. The molecule has 190 valence electrons. The average Bonchev–Trinajstić information content (AvgIpc) is 3.26. The third-order valence-electron chi connectivity index (χ3n) is 6.24. The molecule has 0 aliphatic heterocycles. The van der Waals surface area contributed by atoms with Crippen molar-refractivity contribution in [3.8, 4) is 34.0 Å². The highest BCUT2D eigenvalue weighted by atomic mass is 16.4. The van der Waals surface area contributed by atoms with Crippen LogP contribution >= 0.6 is 0 Å². The normalized spacial score (nSPS) is 12.1. The van der Waals surface area contributed by atoms with Gasteiger partial charge in [-0.1, -0.05) is 19.9 Å². The number of benzene rings is 3. The fourth-order valence-corrected chi connectivity index (χ4v) is 4.20. The fraction of sp³-hybridized carbons (Fsp3) is 0.185. The van der Waals surface area contributed by atoms with Gasteiger partial charge in [-0.3, -0.25) is 15.0 Å². The summed E-state index contributed by atoms with van der Waals surface area (Å²) in [4.78, 5) is 31.1. The minimum absolute atomic E-state index is 0.105. The topological polar surface area (TPSA) is 194 Å². The Morgan fingerprint density at radius 1 is 0.973 bits per heavy atom. The summed E-state index contributed by atoms with van der Waals surface area (Å²) < 4.78 is 0. The summed E-state index contributed by atoms with van der Waals surface area (Å²) in [5.41, 5.74) is 8.59. The molecule has 8 N–H and O–H groups in total. The van der Waals surface area contributed by atoms with Gasteiger partial charge in [0.15, 0.2) is 0 Å². The molecule has 4 rings (SSSR count). The van der Waals surface area contributed by atoms with Crippen LogP contribution in [0.5, 0.6) is 11.5 Å². The quantitative estimate of drug-likeness (QED) is 0.136. The number of H-pyrrole nitrogens is 1. The van der Waals surface area contributed by atoms with E-state index in [1.54, 1.807) is 30.3 Å². The Kier molecular flexibility index (Phi) is 6.58. The third-order valence-corrected chi connectivity index (χ3v) is 6.24. The first-order chi connectivity index (χ1) is 17.5. The molecule has 0 bridgehead atoms. The van der Waals surface area contributed by atoms with Crippen LogP contribution in [0.15, 0.2) is 48.5 Å². The highest BCUT2D eigenvalue weighted by Crippen LogP contribution is 2.44. The van der Waals surface area contributed by atoms with Gasteiger partial charge in [-0.05, 0) is 59.5 Å². The molecule has 0 saturated heterocycles. The van der Waals surface area contributed by atoms with Gasteiger partial charge in [-0.25, -0.2) is 4.98 Å². The van der Waals surface area contributed by atoms with Crippen LogP contribution in [-0.4, -0.2) is 48.2 Å². The maximum absolute atomic E-state index is 12.0. The molecule has 0 aliphatic rings. The van der Waals surface area contributed by atoms with E-state index in [2.05, 4.69) is 9.97 Å². The number of nitrogens with zero attached hydrogens (tertiary/aromatic N) is 1. The predicted octanol–water partition coefficient (Wildman–Crippen LogP) is 4.36. The van der Waals surface area contributed by atoms with Crippen LogP contribution in [-0.2, 0) is 9.59 Å². The molecule has 4 aromatic rings. The Balaban J connectivity index is 2.00. The van der Waals surface area contributed by atoms with E-state index in [4.69, 9.17) is 11.1 Å². The van der Waals surface area contributed by atoms with Crippen LogP contribution < -0.4 is 5.73 Å².